The maximum absolute atomic E-state index is 9.93. The van der Waals surface area contributed by atoms with Crippen molar-refractivity contribution < 1.29 is 5.11 Å². The molecule has 0 radical (unpaired) electrons. The van der Waals surface area contributed by atoms with E-state index in [1.807, 2.05) is 18.7 Å². The summed E-state index contributed by atoms with van der Waals surface area (Å²) in [5.74, 6) is 0. The molecule has 1 rings (SSSR count). The minimum absolute atomic E-state index is 0.328. The molecule has 0 amide bonds. The van der Waals surface area contributed by atoms with Gasteiger partial charge in [-0.3, -0.25) is 0 Å². The molecule has 0 heterocycles. The van der Waals surface area contributed by atoms with Gasteiger partial charge in [0.15, 0.2) is 0 Å². The van der Waals surface area contributed by atoms with Crippen LogP contribution in [0.15, 0.2) is 23.1 Å². The molecule has 0 aliphatic rings. The summed E-state index contributed by atoms with van der Waals surface area (Å²) in [6.45, 7) is 8.42. The fourth-order valence-electron chi connectivity index (χ4n) is 1.51. The third kappa shape index (κ3) is 3.54. The van der Waals surface area contributed by atoms with Gasteiger partial charge in [-0.05, 0) is 25.0 Å². The second-order valence-electron chi connectivity index (χ2n) is 4.13. The monoisotopic (exact) mass is 224 g/mol. The molecule has 1 aromatic rings. The van der Waals surface area contributed by atoms with Crippen LogP contribution in [0.4, 0.5) is 0 Å². The minimum Gasteiger partial charge on any atom is -0.388 e. The first-order valence-electron chi connectivity index (χ1n) is 5.49. The normalized spacial score (nSPS) is 13.2. The quantitative estimate of drug-likeness (QED) is 0.782. The molecular weight excluding hydrogens is 204 g/mol. The molecule has 0 aliphatic carbocycles. The zero-order chi connectivity index (χ0) is 11.4. The number of thioether (sulfide) groups is 1. The molecule has 1 nitrogen and oxygen atoms in total. The Labute approximate surface area is 96.9 Å². The van der Waals surface area contributed by atoms with E-state index in [1.54, 1.807) is 0 Å². The summed E-state index contributed by atoms with van der Waals surface area (Å²) in [7, 11) is 0. The van der Waals surface area contributed by atoms with E-state index >= 15 is 0 Å². The van der Waals surface area contributed by atoms with Crippen LogP contribution in [0.1, 0.15) is 44.4 Å². The highest BCUT2D eigenvalue weighted by Crippen LogP contribution is 2.32. The summed E-state index contributed by atoms with van der Waals surface area (Å²) in [5, 5.41) is 10.5. The molecule has 1 aromatic carbocycles. The highest BCUT2D eigenvalue weighted by Gasteiger charge is 2.12. The minimum atomic E-state index is -0.328. The van der Waals surface area contributed by atoms with E-state index < -0.39 is 0 Å². The number of benzene rings is 1. The summed E-state index contributed by atoms with van der Waals surface area (Å²) < 4.78 is 0. The number of aliphatic hydroxyl groups is 1. The van der Waals surface area contributed by atoms with Gasteiger partial charge in [0, 0.05) is 10.1 Å². The van der Waals surface area contributed by atoms with E-state index in [2.05, 4.69) is 39.0 Å². The number of hydrogen-bond acceptors (Lipinski definition) is 2. The van der Waals surface area contributed by atoms with Gasteiger partial charge in [-0.1, -0.05) is 38.5 Å². The van der Waals surface area contributed by atoms with Crippen molar-refractivity contribution in [3.8, 4) is 0 Å². The Morgan fingerprint density at radius 3 is 2.53 bits per heavy atom. The molecule has 0 spiro atoms. The Kier molecular flexibility index (Phi) is 4.68. The van der Waals surface area contributed by atoms with Gasteiger partial charge in [-0.2, -0.15) is 0 Å². The fourth-order valence-corrected chi connectivity index (χ4v) is 2.49. The van der Waals surface area contributed by atoms with Crippen LogP contribution in [0.3, 0.4) is 0 Å². The van der Waals surface area contributed by atoms with Crippen LogP contribution in [0.2, 0.25) is 0 Å². The molecule has 0 aliphatic heterocycles. The molecular formula is C13H20OS. The van der Waals surface area contributed by atoms with Gasteiger partial charge < -0.3 is 5.11 Å². The van der Waals surface area contributed by atoms with Crippen molar-refractivity contribution in [2.24, 2.45) is 0 Å². The number of aliphatic hydroxyl groups excluding tert-OH is 1. The molecule has 84 valence electrons. The van der Waals surface area contributed by atoms with Crippen molar-refractivity contribution in [1.82, 2.24) is 0 Å². The van der Waals surface area contributed by atoms with Crippen LogP contribution < -0.4 is 0 Å². The molecule has 1 N–H and O–H groups in total. The van der Waals surface area contributed by atoms with E-state index in [0.717, 1.165) is 12.0 Å². The zero-order valence-electron chi connectivity index (χ0n) is 9.95. The van der Waals surface area contributed by atoms with Crippen LogP contribution >= 0.6 is 11.8 Å². The van der Waals surface area contributed by atoms with Crippen molar-refractivity contribution in [2.75, 3.05) is 0 Å². The lowest BCUT2D eigenvalue weighted by Gasteiger charge is -2.16. The average Bonchev–Trinajstić information content (AvgIpc) is 2.19. The van der Waals surface area contributed by atoms with Gasteiger partial charge in [-0.25, -0.2) is 0 Å². The van der Waals surface area contributed by atoms with Crippen LogP contribution in [0.5, 0.6) is 0 Å². The topological polar surface area (TPSA) is 20.2 Å². The van der Waals surface area contributed by atoms with Crippen LogP contribution in [0.25, 0.3) is 0 Å². The molecule has 0 fully saturated rings. The maximum Gasteiger partial charge on any atom is 0.0798 e. The Morgan fingerprint density at radius 2 is 2.00 bits per heavy atom. The number of rotatable bonds is 4. The first-order valence-corrected chi connectivity index (χ1v) is 6.37. The Morgan fingerprint density at radius 1 is 1.33 bits per heavy atom. The van der Waals surface area contributed by atoms with Crippen molar-refractivity contribution in [3.63, 3.8) is 0 Å². The number of hydrogen-bond donors (Lipinski definition) is 1. The van der Waals surface area contributed by atoms with E-state index in [4.69, 9.17) is 0 Å². The van der Waals surface area contributed by atoms with Gasteiger partial charge in [-0.15, -0.1) is 11.8 Å². The predicted molar refractivity (Wildman–Crippen MR) is 67.4 cm³/mol. The third-order valence-corrected chi connectivity index (χ3v) is 3.37. The molecule has 1 unspecified atom stereocenters. The Hall–Kier alpha value is -0.470. The van der Waals surface area contributed by atoms with E-state index in [-0.39, 0.29) is 6.10 Å². The third-order valence-electron chi connectivity index (χ3n) is 2.27. The summed E-state index contributed by atoms with van der Waals surface area (Å²) >= 11 is 1.82. The van der Waals surface area contributed by atoms with E-state index in [9.17, 15) is 5.11 Å². The van der Waals surface area contributed by atoms with Gasteiger partial charge >= 0.3 is 0 Å². The largest absolute Gasteiger partial charge is 0.388 e. The predicted octanol–water partition coefficient (Wildman–Crippen LogP) is 3.94. The summed E-state index contributed by atoms with van der Waals surface area (Å²) in [6, 6.07) is 6.32. The first-order chi connectivity index (χ1) is 7.04. The van der Waals surface area contributed by atoms with Gasteiger partial charge in [0.05, 0.1) is 6.10 Å². The van der Waals surface area contributed by atoms with Crippen molar-refractivity contribution in [3.05, 3.63) is 29.3 Å². The smallest absolute Gasteiger partial charge is 0.0798 e. The van der Waals surface area contributed by atoms with Crippen LogP contribution in [0, 0.1) is 6.92 Å². The second-order valence-corrected chi connectivity index (χ2v) is 5.75. The van der Waals surface area contributed by atoms with Gasteiger partial charge in [0.25, 0.3) is 0 Å². The molecule has 1 atom stereocenters. The summed E-state index contributed by atoms with van der Waals surface area (Å²) in [6.07, 6.45) is 0.445. The fraction of sp³-hybridized carbons (Fsp3) is 0.538. The highest BCUT2D eigenvalue weighted by atomic mass is 32.2. The zero-order valence-corrected chi connectivity index (χ0v) is 10.8. The Bertz CT molecular complexity index is 320. The van der Waals surface area contributed by atoms with Gasteiger partial charge in [0.1, 0.15) is 0 Å². The van der Waals surface area contributed by atoms with Crippen LogP contribution in [-0.4, -0.2) is 10.4 Å². The molecule has 2 heteroatoms. The van der Waals surface area contributed by atoms with Crippen molar-refractivity contribution >= 4 is 11.8 Å². The lowest BCUT2D eigenvalue weighted by molar-refractivity contribution is 0.171. The first kappa shape index (κ1) is 12.6. The van der Waals surface area contributed by atoms with Gasteiger partial charge in [0.2, 0.25) is 0 Å². The second kappa shape index (κ2) is 5.57. The standard InChI is InChI=1S/C13H20OS/c1-5-12(14)11-8-10(4)6-7-13(11)15-9(2)3/h6-9,12,14H,5H2,1-4H3. The van der Waals surface area contributed by atoms with E-state index in [1.165, 1.54) is 10.5 Å². The molecule has 0 saturated heterocycles. The SMILES string of the molecule is CCC(O)c1cc(C)ccc1SC(C)C. The molecule has 0 saturated carbocycles. The number of aryl methyl sites for hydroxylation is 1. The maximum atomic E-state index is 9.93. The highest BCUT2D eigenvalue weighted by molar-refractivity contribution is 8.00. The lowest BCUT2D eigenvalue weighted by atomic mass is 10.1. The summed E-state index contributed by atoms with van der Waals surface area (Å²) in [4.78, 5) is 1.21. The summed E-state index contributed by atoms with van der Waals surface area (Å²) in [5.41, 5.74) is 2.29. The van der Waals surface area contributed by atoms with Crippen LogP contribution in [-0.2, 0) is 0 Å². The molecule has 0 aromatic heterocycles. The van der Waals surface area contributed by atoms with Crippen molar-refractivity contribution in [2.45, 2.75) is 50.4 Å². The average molecular weight is 224 g/mol. The Balaban J connectivity index is 3.02. The van der Waals surface area contributed by atoms with E-state index in [0.29, 0.717) is 5.25 Å². The molecule has 15 heavy (non-hydrogen) atoms. The van der Waals surface area contributed by atoms with Crippen molar-refractivity contribution in [1.29, 1.82) is 0 Å². The molecule has 0 bridgehead atoms. The lowest BCUT2D eigenvalue weighted by Crippen LogP contribution is -2.00.